The van der Waals surface area contributed by atoms with Gasteiger partial charge in [-0.15, -0.1) is 0 Å². The summed E-state index contributed by atoms with van der Waals surface area (Å²) >= 11 is 0. The molecule has 0 saturated heterocycles. The lowest BCUT2D eigenvalue weighted by molar-refractivity contribution is 0.685. The molecular formula is C10H17N3OS. The molecular weight excluding hydrogens is 210 g/mol. The van der Waals surface area contributed by atoms with E-state index < -0.39 is 10.8 Å². The van der Waals surface area contributed by atoms with E-state index in [1.807, 2.05) is 13.1 Å². The van der Waals surface area contributed by atoms with Crippen LogP contribution in [0.3, 0.4) is 0 Å². The molecule has 0 saturated carbocycles. The lowest BCUT2D eigenvalue weighted by Gasteiger charge is -2.06. The van der Waals surface area contributed by atoms with Crippen molar-refractivity contribution < 1.29 is 4.21 Å². The number of pyridine rings is 1. The molecule has 0 aliphatic rings. The van der Waals surface area contributed by atoms with Crippen LogP contribution in [-0.4, -0.2) is 34.8 Å². The van der Waals surface area contributed by atoms with Crippen LogP contribution in [0, 0.1) is 0 Å². The molecule has 4 nitrogen and oxygen atoms in total. The molecule has 15 heavy (non-hydrogen) atoms. The van der Waals surface area contributed by atoms with E-state index in [-0.39, 0.29) is 0 Å². The summed E-state index contributed by atoms with van der Waals surface area (Å²) < 4.78 is 10.8. The largest absolute Gasteiger partial charge is 0.387 e. The zero-order valence-corrected chi connectivity index (χ0v) is 9.93. The zero-order valence-electron chi connectivity index (χ0n) is 9.12. The topological polar surface area (TPSA) is 54.0 Å². The Bertz CT molecular complexity index is 330. The minimum Gasteiger partial charge on any atom is -0.387 e. The van der Waals surface area contributed by atoms with E-state index in [9.17, 15) is 4.21 Å². The number of anilines is 2. The van der Waals surface area contributed by atoms with Gasteiger partial charge in [-0.2, -0.15) is 0 Å². The monoisotopic (exact) mass is 227 g/mol. The molecule has 5 heteroatoms. The fourth-order valence-corrected chi connectivity index (χ4v) is 1.73. The standard InChI is InChI=1S/C10H17N3OS/c1-11-9-6-10(8-12-7-9)13-4-3-5-15(2)14/h6-8,11,13H,3-5H2,1-2H3. The summed E-state index contributed by atoms with van der Waals surface area (Å²) in [6, 6.07) is 2.00. The molecule has 0 aliphatic heterocycles. The Morgan fingerprint density at radius 1 is 1.40 bits per heavy atom. The SMILES string of the molecule is CNc1cncc(NCCCS(C)=O)c1. The average molecular weight is 227 g/mol. The summed E-state index contributed by atoms with van der Waals surface area (Å²) in [4.78, 5) is 4.08. The van der Waals surface area contributed by atoms with E-state index in [4.69, 9.17) is 0 Å². The van der Waals surface area contributed by atoms with Gasteiger partial charge in [0.05, 0.1) is 23.8 Å². The highest BCUT2D eigenvalue weighted by Gasteiger charge is 1.95. The minimum atomic E-state index is -0.697. The van der Waals surface area contributed by atoms with Crippen LogP contribution in [-0.2, 0) is 10.8 Å². The van der Waals surface area contributed by atoms with Gasteiger partial charge in [0.1, 0.15) is 0 Å². The van der Waals surface area contributed by atoms with Crippen molar-refractivity contribution in [1.29, 1.82) is 0 Å². The molecule has 1 heterocycles. The minimum absolute atomic E-state index is 0.697. The maximum Gasteiger partial charge on any atom is 0.0547 e. The smallest absolute Gasteiger partial charge is 0.0547 e. The summed E-state index contributed by atoms with van der Waals surface area (Å²) in [5.41, 5.74) is 1.97. The number of aromatic nitrogens is 1. The predicted molar refractivity (Wildman–Crippen MR) is 65.8 cm³/mol. The third-order valence-corrected chi connectivity index (χ3v) is 2.83. The molecule has 1 atom stereocenters. The molecule has 0 aliphatic carbocycles. The van der Waals surface area contributed by atoms with E-state index in [2.05, 4.69) is 15.6 Å². The second kappa shape index (κ2) is 6.40. The van der Waals surface area contributed by atoms with E-state index in [0.717, 1.165) is 30.1 Å². The van der Waals surface area contributed by atoms with Crippen molar-refractivity contribution in [3.8, 4) is 0 Å². The third-order valence-electron chi connectivity index (χ3n) is 1.96. The Balaban J connectivity index is 2.33. The molecule has 0 bridgehead atoms. The Labute approximate surface area is 92.9 Å². The average Bonchev–Trinajstić information content (AvgIpc) is 2.24. The van der Waals surface area contributed by atoms with E-state index in [0.29, 0.717) is 0 Å². The highest BCUT2D eigenvalue weighted by atomic mass is 32.2. The van der Waals surface area contributed by atoms with Gasteiger partial charge >= 0.3 is 0 Å². The molecule has 1 aromatic heterocycles. The lowest BCUT2D eigenvalue weighted by atomic mass is 10.3. The number of nitrogens with one attached hydrogen (secondary N) is 2. The molecule has 0 radical (unpaired) electrons. The van der Waals surface area contributed by atoms with Crippen molar-refractivity contribution in [1.82, 2.24) is 4.98 Å². The van der Waals surface area contributed by atoms with E-state index in [1.54, 1.807) is 18.6 Å². The molecule has 1 rings (SSSR count). The summed E-state index contributed by atoms with van der Waals surface area (Å²) in [7, 11) is 1.16. The molecule has 0 aromatic carbocycles. The van der Waals surface area contributed by atoms with Gasteiger partial charge in [0.2, 0.25) is 0 Å². The van der Waals surface area contributed by atoms with Gasteiger partial charge in [0.15, 0.2) is 0 Å². The van der Waals surface area contributed by atoms with Crippen molar-refractivity contribution in [3.63, 3.8) is 0 Å². The van der Waals surface area contributed by atoms with Gasteiger partial charge in [-0.3, -0.25) is 9.19 Å². The number of hydrogen-bond donors (Lipinski definition) is 2. The summed E-state index contributed by atoms with van der Waals surface area (Å²) in [6.45, 7) is 0.828. The first-order valence-electron chi connectivity index (χ1n) is 4.89. The second-order valence-corrected chi connectivity index (χ2v) is 4.82. The van der Waals surface area contributed by atoms with Crippen LogP contribution in [0.15, 0.2) is 18.5 Å². The zero-order chi connectivity index (χ0) is 11.1. The van der Waals surface area contributed by atoms with Gasteiger partial charge in [-0.05, 0) is 12.5 Å². The summed E-state index contributed by atoms with van der Waals surface area (Å²) in [6.07, 6.45) is 6.19. The van der Waals surface area contributed by atoms with Crippen LogP contribution in [0.4, 0.5) is 11.4 Å². The molecule has 1 aromatic rings. The highest BCUT2D eigenvalue weighted by molar-refractivity contribution is 7.84. The normalized spacial score (nSPS) is 12.1. The number of rotatable bonds is 6. The van der Waals surface area contributed by atoms with Crippen LogP contribution >= 0.6 is 0 Å². The van der Waals surface area contributed by atoms with Gasteiger partial charge < -0.3 is 10.6 Å². The van der Waals surface area contributed by atoms with Crippen LogP contribution in [0.5, 0.6) is 0 Å². The van der Waals surface area contributed by atoms with E-state index >= 15 is 0 Å². The second-order valence-electron chi connectivity index (χ2n) is 3.27. The van der Waals surface area contributed by atoms with Crippen LogP contribution < -0.4 is 10.6 Å². The van der Waals surface area contributed by atoms with Crippen LogP contribution in [0.2, 0.25) is 0 Å². The Hall–Kier alpha value is -1.10. The number of nitrogens with zero attached hydrogens (tertiary/aromatic N) is 1. The summed E-state index contributed by atoms with van der Waals surface area (Å²) in [5.74, 6) is 0.742. The first-order chi connectivity index (χ1) is 7.22. The van der Waals surface area contributed by atoms with Crippen molar-refractivity contribution in [2.24, 2.45) is 0 Å². The maximum atomic E-state index is 10.8. The van der Waals surface area contributed by atoms with Crippen LogP contribution in [0.1, 0.15) is 6.42 Å². The molecule has 0 fully saturated rings. The quantitative estimate of drug-likeness (QED) is 0.719. The molecule has 0 spiro atoms. The first kappa shape index (κ1) is 12.0. The number of hydrogen-bond acceptors (Lipinski definition) is 4. The predicted octanol–water partition coefficient (Wildman–Crippen LogP) is 1.30. The summed E-state index contributed by atoms with van der Waals surface area (Å²) in [5, 5.41) is 6.26. The maximum absolute atomic E-state index is 10.8. The lowest BCUT2D eigenvalue weighted by Crippen LogP contribution is -2.06. The van der Waals surface area contributed by atoms with Gasteiger partial charge in [0.25, 0.3) is 0 Å². The van der Waals surface area contributed by atoms with Crippen molar-refractivity contribution in [2.75, 3.05) is 36.2 Å². The van der Waals surface area contributed by atoms with Gasteiger partial charge in [-0.1, -0.05) is 0 Å². The molecule has 0 amide bonds. The van der Waals surface area contributed by atoms with E-state index in [1.165, 1.54) is 0 Å². The van der Waals surface area contributed by atoms with Crippen molar-refractivity contribution >= 4 is 22.2 Å². The fourth-order valence-electron chi connectivity index (χ4n) is 1.18. The van der Waals surface area contributed by atoms with Gasteiger partial charge in [0, 0.05) is 36.4 Å². The van der Waals surface area contributed by atoms with Crippen molar-refractivity contribution in [2.45, 2.75) is 6.42 Å². The fraction of sp³-hybridized carbons (Fsp3) is 0.500. The molecule has 84 valence electrons. The molecule has 1 unspecified atom stereocenters. The van der Waals surface area contributed by atoms with Crippen LogP contribution in [0.25, 0.3) is 0 Å². The van der Waals surface area contributed by atoms with Crippen molar-refractivity contribution in [3.05, 3.63) is 18.5 Å². The Morgan fingerprint density at radius 2 is 2.13 bits per heavy atom. The Morgan fingerprint density at radius 3 is 2.80 bits per heavy atom. The Kier molecular flexibility index (Phi) is 5.10. The third kappa shape index (κ3) is 4.78. The first-order valence-corrected chi connectivity index (χ1v) is 6.62. The van der Waals surface area contributed by atoms with Gasteiger partial charge in [-0.25, -0.2) is 0 Å². The highest BCUT2D eigenvalue weighted by Crippen LogP contribution is 2.11. The molecule has 2 N–H and O–H groups in total.